The minimum absolute atomic E-state index is 0.124. The molecule has 0 atom stereocenters. The minimum atomic E-state index is -0.841. The largest absolute Gasteiger partial charge is 0.465 e. The van der Waals surface area contributed by atoms with E-state index in [2.05, 4.69) is 20.6 Å². The van der Waals surface area contributed by atoms with E-state index in [1.165, 1.54) is 4.90 Å². The highest BCUT2D eigenvalue weighted by Crippen LogP contribution is 2.20. The second-order valence-corrected chi connectivity index (χ2v) is 6.54. The van der Waals surface area contributed by atoms with Gasteiger partial charge in [-0.1, -0.05) is 12.1 Å². The van der Waals surface area contributed by atoms with E-state index in [0.717, 1.165) is 30.6 Å². The van der Waals surface area contributed by atoms with Gasteiger partial charge >= 0.3 is 6.09 Å². The Hall–Kier alpha value is -3.16. The van der Waals surface area contributed by atoms with Gasteiger partial charge in [-0.3, -0.25) is 9.78 Å². The Labute approximate surface area is 157 Å². The summed E-state index contributed by atoms with van der Waals surface area (Å²) in [6, 6.07) is 7.20. The zero-order valence-corrected chi connectivity index (χ0v) is 15.2. The van der Waals surface area contributed by atoms with Crippen molar-refractivity contribution in [1.29, 1.82) is 0 Å². The smallest absolute Gasteiger partial charge is 0.407 e. The number of anilines is 1. The summed E-state index contributed by atoms with van der Waals surface area (Å²) >= 11 is 0. The maximum Gasteiger partial charge on any atom is 0.407 e. The number of aromatic nitrogens is 2. The SMILES string of the molecule is CNC(=O)c1ccc(-c2cnc(NCC3CCN(C(=O)O)CC3)cn2)cc1. The molecule has 0 spiro atoms. The van der Waals surface area contributed by atoms with Crippen molar-refractivity contribution >= 4 is 17.8 Å². The monoisotopic (exact) mass is 369 g/mol. The first-order valence-corrected chi connectivity index (χ1v) is 8.93. The van der Waals surface area contributed by atoms with Crippen LogP contribution in [-0.2, 0) is 0 Å². The average Bonchev–Trinajstić information content (AvgIpc) is 2.72. The summed E-state index contributed by atoms with van der Waals surface area (Å²) in [4.78, 5) is 32.8. The molecule has 3 rings (SSSR count). The van der Waals surface area contributed by atoms with Crippen molar-refractivity contribution in [3.63, 3.8) is 0 Å². The van der Waals surface area contributed by atoms with Crippen LogP contribution >= 0.6 is 0 Å². The predicted octanol–water partition coefficient (Wildman–Crippen LogP) is 2.31. The Morgan fingerprint density at radius 3 is 2.41 bits per heavy atom. The maximum atomic E-state index is 11.6. The molecule has 8 heteroatoms. The lowest BCUT2D eigenvalue weighted by Crippen LogP contribution is -2.39. The van der Waals surface area contributed by atoms with Gasteiger partial charge in [0.1, 0.15) is 5.82 Å². The Balaban J connectivity index is 1.53. The lowest BCUT2D eigenvalue weighted by Gasteiger charge is -2.30. The molecule has 1 aliphatic rings. The second-order valence-electron chi connectivity index (χ2n) is 6.54. The molecule has 8 nitrogen and oxygen atoms in total. The zero-order chi connectivity index (χ0) is 19.2. The number of amides is 2. The fourth-order valence-electron chi connectivity index (χ4n) is 3.08. The lowest BCUT2D eigenvalue weighted by molar-refractivity contribution is 0.0963. The maximum absolute atomic E-state index is 11.6. The van der Waals surface area contributed by atoms with Crippen LogP contribution in [-0.4, -0.2) is 58.7 Å². The van der Waals surface area contributed by atoms with Crippen molar-refractivity contribution in [2.75, 3.05) is 32.0 Å². The molecular weight excluding hydrogens is 346 g/mol. The molecule has 1 aromatic carbocycles. The first kappa shape index (κ1) is 18.6. The highest BCUT2D eigenvalue weighted by molar-refractivity contribution is 5.94. The van der Waals surface area contributed by atoms with Crippen molar-refractivity contribution < 1.29 is 14.7 Å². The molecule has 1 aromatic heterocycles. The molecule has 0 unspecified atom stereocenters. The van der Waals surface area contributed by atoms with Crippen LogP contribution in [0.2, 0.25) is 0 Å². The fourth-order valence-corrected chi connectivity index (χ4v) is 3.08. The number of rotatable bonds is 5. The number of piperidine rings is 1. The summed E-state index contributed by atoms with van der Waals surface area (Å²) in [6.45, 7) is 1.92. The quantitative estimate of drug-likeness (QED) is 0.746. The molecule has 0 saturated carbocycles. The topological polar surface area (TPSA) is 107 Å². The van der Waals surface area contributed by atoms with E-state index in [-0.39, 0.29) is 5.91 Å². The van der Waals surface area contributed by atoms with Crippen LogP contribution in [0.25, 0.3) is 11.3 Å². The van der Waals surface area contributed by atoms with Gasteiger partial charge in [-0.05, 0) is 30.9 Å². The van der Waals surface area contributed by atoms with E-state index >= 15 is 0 Å². The second kappa shape index (κ2) is 8.48. The molecule has 2 heterocycles. The average molecular weight is 369 g/mol. The third-order valence-corrected chi connectivity index (χ3v) is 4.78. The first-order chi connectivity index (χ1) is 13.1. The van der Waals surface area contributed by atoms with E-state index in [4.69, 9.17) is 5.11 Å². The van der Waals surface area contributed by atoms with Crippen molar-refractivity contribution in [2.24, 2.45) is 5.92 Å². The summed E-state index contributed by atoms with van der Waals surface area (Å²) in [5.41, 5.74) is 2.22. The summed E-state index contributed by atoms with van der Waals surface area (Å²) in [7, 11) is 1.60. The molecule has 3 N–H and O–H groups in total. The van der Waals surface area contributed by atoms with Gasteiger partial charge in [-0.25, -0.2) is 9.78 Å². The number of nitrogens with one attached hydrogen (secondary N) is 2. The van der Waals surface area contributed by atoms with Gasteiger partial charge in [0, 0.05) is 37.8 Å². The van der Waals surface area contributed by atoms with E-state index in [1.807, 2.05) is 12.1 Å². The molecule has 2 amide bonds. The summed E-state index contributed by atoms with van der Waals surface area (Å²) < 4.78 is 0. The Morgan fingerprint density at radius 2 is 1.85 bits per heavy atom. The van der Waals surface area contributed by atoms with Gasteiger partial charge in [0.15, 0.2) is 0 Å². The fraction of sp³-hybridized carbons (Fsp3) is 0.368. The van der Waals surface area contributed by atoms with E-state index in [0.29, 0.717) is 30.4 Å². The van der Waals surface area contributed by atoms with Gasteiger partial charge in [0.2, 0.25) is 0 Å². The summed E-state index contributed by atoms with van der Waals surface area (Å²) in [5, 5.41) is 14.8. The minimum Gasteiger partial charge on any atom is -0.465 e. The van der Waals surface area contributed by atoms with Gasteiger partial charge in [-0.15, -0.1) is 0 Å². The Morgan fingerprint density at radius 1 is 1.15 bits per heavy atom. The highest BCUT2D eigenvalue weighted by Gasteiger charge is 2.22. The number of likely N-dealkylation sites (tertiary alicyclic amines) is 1. The molecule has 1 saturated heterocycles. The van der Waals surface area contributed by atoms with Gasteiger partial charge in [0.05, 0.1) is 18.1 Å². The zero-order valence-electron chi connectivity index (χ0n) is 15.2. The standard InChI is InChI=1S/C19H23N5O3/c1-20-18(25)15-4-2-14(3-5-15)16-11-23-17(12-21-16)22-10-13-6-8-24(9-7-13)19(26)27/h2-5,11-13H,6-10H2,1H3,(H,20,25)(H,22,23)(H,26,27). The van der Waals surface area contributed by atoms with Crippen molar-refractivity contribution in [3.8, 4) is 11.3 Å². The van der Waals surface area contributed by atoms with Crippen LogP contribution in [0.1, 0.15) is 23.2 Å². The first-order valence-electron chi connectivity index (χ1n) is 8.93. The van der Waals surface area contributed by atoms with Crippen LogP contribution in [0.5, 0.6) is 0 Å². The number of benzene rings is 1. The number of nitrogens with zero attached hydrogens (tertiary/aromatic N) is 3. The van der Waals surface area contributed by atoms with Crippen molar-refractivity contribution in [3.05, 3.63) is 42.2 Å². The molecule has 2 aromatic rings. The number of hydrogen-bond acceptors (Lipinski definition) is 5. The van der Waals surface area contributed by atoms with Crippen LogP contribution in [0.4, 0.5) is 10.6 Å². The molecule has 27 heavy (non-hydrogen) atoms. The van der Waals surface area contributed by atoms with Crippen LogP contribution in [0.15, 0.2) is 36.7 Å². The number of carbonyl (C=O) groups is 2. The van der Waals surface area contributed by atoms with Gasteiger partial charge in [0.25, 0.3) is 5.91 Å². The highest BCUT2D eigenvalue weighted by atomic mass is 16.4. The van der Waals surface area contributed by atoms with E-state index in [9.17, 15) is 9.59 Å². The number of carbonyl (C=O) groups excluding carboxylic acids is 1. The molecule has 1 fully saturated rings. The van der Waals surface area contributed by atoms with Gasteiger partial charge < -0.3 is 20.6 Å². The molecule has 0 bridgehead atoms. The lowest BCUT2D eigenvalue weighted by atomic mass is 9.97. The predicted molar refractivity (Wildman–Crippen MR) is 102 cm³/mol. The van der Waals surface area contributed by atoms with Crippen molar-refractivity contribution in [1.82, 2.24) is 20.2 Å². The third kappa shape index (κ3) is 4.72. The van der Waals surface area contributed by atoms with Crippen molar-refractivity contribution in [2.45, 2.75) is 12.8 Å². The van der Waals surface area contributed by atoms with E-state index < -0.39 is 6.09 Å². The van der Waals surface area contributed by atoms with E-state index in [1.54, 1.807) is 31.6 Å². The third-order valence-electron chi connectivity index (χ3n) is 4.78. The van der Waals surface area contributed by atoms with Crippen LogP contribution in [0, 0.1) is 5.92 Å². The Kier molecular flexibility index (Phi) is 5.85. The number of carboxylic acid groups (broad SMARTS) is 1. The van der Waals surface area contributed by atoms with Crippen LogP contribution in [0.3, 0.4) is 0 Å². The summed E-state index contributed by atoms with van der Waals surface area (Å²) in [6.07, 6.45) is 4.25. The molecular formula is C19H23N5O3. The molecule has 0 aliphatic carbocycles. The Bertz CT molecular complexity index is 784. The molecule has 142 valence electrons. The number of hydrogen-bond donors (Lipinski definition) is 3. The normalized spacial score (nSPS) is 14.6. The van der Waals surface area contributed by atoms with Gasteiger partial charge in [-0.2, -0.15) is 0 Å². The molecule has 0 radical (unpaired) electrons. The summed E-state index contributed by atoms with van der Waals surface area (Å²) in [5.74, 6) is 1.00. The van der Waals surface area contributed by atoms with Crippen LogP contribution < -0.4 is 10.6 Å². The molecule has 1 aliphatic heterocycles.